The number of nitrogens with one attached hydrogen (secondary N) is 1. The highest BCUT2D eigenvalue weighted by molar-refractivity contribution is 5.62. The number of ether oxygens (including phenoxy) is 2. The minimum Gasteiger partial charge on any atom is -0.497 e. The largest absolute Gasteiger partial charge is 0.497 e. The maximum atomic E-state index is 5.40. The summed E-state index contributed by atoms with van der Waals surface area (Å²) in [5.74, 6) is 1.72. The van der Waals surface area contributed by atoms with Crippen molar-refractivity contribution in [3.63, 3.8) is 0 Å². The van der Waals surface area contributed by atoms with Crippen molar-refractivity contribution >= 4 is 6.08 Å². The summed E-state index contributed by atoms with van der Waals surface area (Å²) in [4.78, 5) is 0. The van der Waals surface area contributed by atoms with Gasteiger partial charge in [-0.2, -0.15) is 0 Å². The molecule has 106 valence electrons. The van der Waals surface area contributed by atoms with Crippen molar-refractivity contribution in [2.24, 2.45) is 0 Å². The van der Waals surface area contributed by atoms with Crippen LogP contribution in [0, 0.1) is 0 Å². The fourth-order valence-corrected chi connectivity index (χ4v) is 1.79. The lowest BCUT2D eigenvalue weighted by Crippen LogP contribution is -2.24. The van der Waals surface area contributed by atoms with Crippen molar-refractivity contribution in [3.05, 3.63) is 29.3 Å². The summed E-state index contributed by atoms with van der Waals surface area (Å²) >= 11 is 0. The third-order valence-corrected chi connectivity index (χ3v) is 2.99. The molecule has 0 fully saturated rings. The Morgan fingerprint density at radius 2 is 2.00 bits per heavy atom. The van der Waals surface area contributed by atoms with Gasteiger partial charge < -0.3 is 14.8 Å². The Labute approximate surface area is 116 Å². The van der Waals surface area contributed by atoms with Crippen molar-refractivity contribution < 1.29 is 9.47 Å². The number of methoxy groups -OCH3 is 2. The molecule has 0 aromatic heterocycles. The smallest absolute Gasteiger partial charge is 0.126 e. The van der Waals surface area contributed by atoms with Gasteiger partial charge in [0.2, 0.25) is 0 Å². The van der Waals surface area contributed by atoms with Crippen LogP contribution >= 0.6 is 0 Å². The average molecular weight is 263 g/mol. The summed E-state index contributed by atoms with van der Waals surface area (Å²) in [5.41, 5.74) is 2.41. The molecule has 19 heavy (non-hydrogen) atoms. The molecule has 0 aliphatic carbocycles. The highest BCUT2D eigenvalue weighted by atomic mass is 16.5. The van der Waals surface area contributed by atoms with Crippen LogP contribution in [-0.4, -0.2) is 26.8 Å². The van der Waals surface area contributed by atoms with Crippen molar-refractivity contribution in [1.82, 2.24) is 5.32 Å². The first kappa shape index (κ1) is 15.6. The van der Waals surface area contributed by atoms with Crippen LogP contribution in [0.2, 0.25) is 0 Å². The van der Waals surface area contributed by atoms with E-state index < -0.39 is 0 Å². The molecular formula is C16H25NO2. The quantitative estimate of drug-likeness (QED) is 0.816. The van der Waals surface area contributed by atoms with E-state index in [1.165, 1.54) is 5.57 Å². The molecular weight excluding hydrogens is 238 g/mol. The van der Waals surface area contributed by atoms with Gasteiger partial charge in [-0.1, -0.05) is 32.4 Å². The van der Waals surface area contributed by atoms with Gasteiger partial charge in [-0.05, 0) is 24.6 Å². The number of rotatable bonds is 7. The van der Waals surface area contributed by atoms with Gasteiger partial charge in [0.15, 0.2) is 0 Å². The molecule has 1 aromatic carbocycles. The fourth-order valence-electron chi connectivity index (χ4n) is 1.79. The molecule has 0 spiro atoms. The van der Waals surface area contributed by atoms with Crippen molar-refractivity contribution in [2.45, 2.75) is 33.2 Å². The Morgan fingerprint density at radius 1 is 1.26 bits per heavy atom. The second-order valence-electron chi connectivity index (χ2n) is 4.80. The molecule has 1 aromatic rings. The highest BCUT2D eigenvalue weighted by Gasteiger charge is 2.04. The number of hydrogen-bond donors (Lipinski definition) is 1. The maximum absolute atomic E-state index is 5.40. The third-order valence-electron chi connectivity index (χ3n) is 2.99. The molecule has 0 bridgehead atoms. The molecule has 1 rings (SSSR count). The predicted molar refractivity (Wildman–Crippen MR) is 81.0 cm³/mol. The second-order valence-corrected chi connectivity index (χ2v) is 4.80. The summed E-state index contributed by atoms with van der Waals surface area (Å²) in [6.07, 6.45) is 3.19. The van der Waals surface area contributed by atoms with Gasteiger partial charge in [-0.25, -0.2) is 0 Å². The van der Waals surface area contributed by atoms with Gasteiger partial charge in [0.05, 0.1) is 14.2 Å². The minimum atomic E-state index is 0.488. The zero-order chi connectivity index (χ0) is 14.3. The molecule has 1 N–H and O–H groups in total. The Morgan fingerprint density at radius 3 is 2.53 bits per heavy atom. The van der Waals surface area contributed by atoms with Gasteiger partial charge in [-0.3, -0.25) is 0 Å². The van der Waals surface area contributed by atoms with E-state index in [0.29, 0.717) is 6.04 Å². The highest BCUT2D eigenvalue weighted by Crippen LogP contribution is 2.26. The molecule has 0 unspecified atom stereocenters. The minimum absolute atomic E-state index is 0.488. The topological polar surface area (TPSA) is 30.5 Å². The van der Waals surface area contributed by atoms with Crippen LogP contribution in [0.15, 0.2) is 23.8 Å². The van der Waals surface area contributed by atoms with Crippen molar-refractivity contribution in [2.75, 3.05) is 20.8 Å². The fraction of sp³-hybridized carbons (Fsp3) is 0.500. The van der Waals surface area contributed by atoms with E-state index in [9.17, 15) is 0 Å². The molecule has 0 aliphatic heterocycles. The van der Waals surface area contributed by atoms with Crippen LogP contribution in [0.1, 0.15) is 32.8 Å². The van der Waals surface area contributed by atoms with E-state index in [4.69, 9.17) is 9.47 Å². The molecule has 0 radical (unpaired) electrons. The third kappa shape index (κ3) is 4.95. The summed E-state index contributed by atoms with van der Waals surface area (Å²) in [6.45, 7) is 7.37. The van der Waals surface area contributed by atoms with Crippen LogP contribution in [0.4, 0.5) is 0 Å². The van der Waals surface area contributed by atoms with Gasteiger partial charge in [-0.15, -0.1) is 0 Å². The summed E-state index contributed by atoms with van der Waals surface area (Å²) in [7, 11) is 3.37. The number of benzene rings is 1. The van der Waals surface area contributed by atoms with E-state index in [1.807, 2.05) is 18.2 Å². The van der Waals surface area contributed by atoms with Gasteiger partial charge in [0.25, 0.3) is 0 Å². The lowest BCUT2D eigenvalue weighted by Gasteiger charge is -2.12. The van der Waals surface area contributed by atoms with Crippen molar-refractivity contribution in [1.29, 1.82) is 0 Å². The van der Waals surface area contributed by atoms with Gasteiger partial charge in [0, 0.05) is 18.2 Å². The number of hydrogen-bond acceptors (Lipinski definition) is 3. The SMILES string of the molecule is CCC(=Cc1cc(OC)ccc1OC)CNC(C)C. The molecule has 0 heterocycles. The van der Waals surface area contributed by atoms with E-state index in [1.54, 1.807) is 14.2 Å². The Kier molecular flexibility index (Phi) is 6.43. The molecule has 0 atom stereocenters. The summed E-state index contributed by atoms with van der Waals surface area (Å²) in [5, 5.41) is 3.44. The van der Waals surface area contributed by atoms with E-state index in [-0.39, 0.29) is 0 Å². The van der Waals surface area contributed by atoms with Crippen molar-refractivity contribution in [3.8, 4) is 11.5 Å². The zero-order valence-electron chi connectivity index (χ0n) is 12.6. The summed E-state index contributed by atoms with van der Waals surface area (Å²) in [6, 6.07) is 6.34. The lowest BCUT2D eigenvalue weighted by atomic mass is 10.1. The van der Waals surface area contributed by atoms with Gasteiger partial charge >= 0.3 is 0 Å². The lowest BCUT2D eigenvalue weighted by molar-refractivity contribution is 0.402. The van der Waals surface area contributed by atoms with Crippen LogP contribution in [-0.2, 0) is 0 Å². The predicted octanol–water partition coefficient (Wildman–Crippen LogP) is 3.50. The van der Waals surface area contributed by atoms with E-state index in [0.717, 1.165) is 30.0 Å². The molecule has 3 nitrogen and oxygen atoms in total. The molecule has 3 heteroatoms. The Hall–Kier alpha value is -1.48. The maximum Gasteiger partial charge on any atom is 0.126 e. The molecule has 0 aliphatic rings. The second kappa shape index (κ2) is 7.85. The average Bonchev–Trinajstić information content (AvgIpc) is 2.42. The van der Waals surface area contributed by atoms with E-state index in [2.05, 4.69) is 32.2 Å². The first-order valence-corrected chi connectivity index (χ1v) is 6.75. The standard InChI is InChI=1S/C16H25NO2/c1-6-13(11-17-12(2)3)9-14-10-15(18-4)7-8-16(14)19-5/h7-10,12,17H,6,11H2,1-5H3. The Bertz CT molecular complexity index is 425. The normalized spacial score (nSPS) is 11.8. The van der Waals surface area contributed by atoms with Crippen LogP contribution in [0.25, 0.3) is 6.08 Å². The monoisotopic (exact) mass is 263 g/mol. The van der Waals surface area contributed by atoms with Crippen LogP contribution in [0.5, 0.6) is 11.5 Å². The summed E-state index contributed by atoms with van der Waals surface area (Å²) < 4.78 is 10.7. The van der Waals surface area contributed by atoms with Crippen LogP contribution in [0.3, 0.4) is 0 Å². The molecule has 0 saturated heterocycles. The first-order valence-electron chi connectivity index (χ1n) is 6.75. The zero-order valence-corrected chi connectivity index (χ0v) is 12.6. The molecule has 0 amide bonds. The first-order chi connectivity index (χ1) is 9.10. The van der Waals surface area contributed by atoms with Crippen LogP contribution < -0.4 is 14.8 Å². The molecule has 0 saturated carbocycles. The Balaban J connectivity index is 2.97. The van der Waals surface area contributed by atoms with Gasteiger partial charge in [0.1, 0.15) is 11.5 Å². The van der Waals surface area contributed by atoms with E-state index >= 15 is 0 Å².